The second-order valence-electron chi connectivity index (χ2n) is 7.05. The first-order chi connectivity index (χ1) is 12.2. The van der Waals surface area contributed by atoms with E-state index in [1.165, 1.54) is 12.3 Å². The maximum absolute atomic E-state index is 12.3. The zero-order valence-electron chi connectivity index (χ0n) is 15.5. The predicted molar refractivity (Wildman–Crippen MR) is 96.9 cm³/mol. The Bertz CT molecular complexity index is 704. The highest BCUT2D eigenvalue weighted by Crippen LogP contribution is 2.14. The summed E-state index contributed by atoms with van der Waals surface area (Å²) < 4.78 is 16.0. The Morgan fingerprint density at radius 3 is 2.38 bits per heavy atom. The summed E-state index contributed by atoms with van der Waals surface area (Å²) in [5.41, 5.74) is 0.381. The molecule has 2 atom stereocenters. The van der Waals surface area contributed by atoms with E-state index in [4.69, 9.17) is 13.9 Å². The zero-order valence-corrected chi connectivity index (χ0v) is 15.5. The van der Waals surface area contributed by atoms with Crippen molar-refractivity contribution < 1.29 is 23.5 Å². The van der Waals surface area contributed by atoms with Gasteiger partial charge in [-0.3, -0.25) is 0 Å². The van der Waals surface area contributed by atoms with Crippen molar-refractivity contribution in [1.29, 1.82) is 0 Å². The lowest BCUT2D eigenvalue weighted by Gasteiger charge is -2.27. The van der Waals surface area contributed by atoms with Gasteiger partial charge in [-0.1, -0.05) is 30.3 Å². The Morgan fingerprint density at radius 1 is 1.12 bits per heavy atom. The van der Waals surface area contributed by atoms with Crippen molar-refractivity contribution in [2.75, 3.05) is 0 Å². The molecule has 6 heteroatoms. The van der Waals surface area contributed by atoms with Gasteiger partial charge in [0.05, 0.1) is 12.3 Å². The summed E-state index contributed by atoms with van der Waals surface area (Å²) in [6, 6.07) is 12.3. The van der Waals surface area contributed by atoms with E-state index in [1.54, 1.807) is 33.8 Å². The Morgan fingerprint density at radius 2 is 1.81 bits per heavy atom. The minimum absolute atomic E-state index is 0.118. The summed E-state index contributed by atoms with van der Waals surface area (Å²) in [5, 5.41) is 2.74. The van der Waals surface area contributed by atoms with Gasteiger partial charge in [0.1, 0.15) is 11.7 Å². The molecule has 6 nitrogen and oxygen atoms in total. The fourth-order valence-electron chi connectivity index (χ4n) is 2.34. The van der Waals surface area contributed by atoms with E-state index >= 15 is 0 Å². The monoisotopic (exact) mass is 359 g/mol. The second kappa shape index (κ2) is 8.56. The molecule has 2 rings (SSSR count). The Labute approximate surface area is 153 Å². The number of benzene rings is 1. The summed E-state index contributed by atoms with van der Waals surface area (Å²) in [6.45, 7) is 7.13. The molecule has 2 aromatic rings. The van der Waals surface area contributed by atoms with Gasteiger partial charge in [-0.05, 0) is 45.4 Å². The number of alkyl carbamates (subject to hydrolysis) is 1. The van der Waals surface area contributed by atoms with E-state index < -0.39 is 29.8 Å². The summed E-state index contributed by atoms with van der Waals surface area (Å²) in [6.07, 6.45) is 0.717. The van der Waals surface area contributed by atoms with Crippen molar-refractivity contribution in [3.05, 3.63) is 60.1 Å². The van der Waals surface area contributed by atoms with E-state index in [1.807, 2.05) is 30.3 Å². The molecule has 0 spiro atoms. The average Bonchev–Trinajstić information content (AvgIpc) is 3.07. The van der Waals surface area contributed by atoms with Crippen molar-refractivity contribution >= 4 is 12.1 Å². The van der Waals surface area contributed by atoms with Crippen LogP contribution in [-0.4, -0.2) is 29.8 Å². The van der Waals surface area contributed by atoms with Crippen LogP contribution in [0.15, 0.2) is 53.1 Å². The number of hydrogen-bond donors (Lipinski definition) is 1. The van der Waals surface area contributed by atoms with Gasteiger partial charge in [0, 0.05) is 6.42 Å². The number of furan rings is 1. The van der Waals surface area contributed by atoms with Crippen molar-refractivity contribution in [3.63, 3.8) is 0 Å². The fraction of sp³-hybridized carbons (Fsp3) is 0.400. The molecule has 0 aliphatic rings. The predicted octanol–water partition coefficient (Wildman–Crippen LogP) is 3.96. The topological polar surface area (TPSA) is 77.8 Å². The van der Waals surface area contributed by atoms with Gasteiger partial charge in [-0.2, -0.15) is 0 Å². The first-order valence-electron chi connectivity index (χ1n) is 8.52. The molecule has 1 heterocycles. The van der Waals surface area contributed by atoms with Crippen molar-refractivity contribution in [1.82, 2.24) is 5.32 Å². The lowest BCUT2D eigenvalue weighted by molar-refractivity contribution is 0.0132. The van der Waals surface area contributed by atoms with Gasteiger partial charge in [-0.25, -0.2) is 9.59 Å². The van der Waals surface area contributed by atoms with Crippen LogP contribution in [-0.2, 0) is 15.9 Å². The molecule has 0 unspecified atom stereocenters. The molecular weight excluding hydrogens is 334 g/mol. The van der Waals surface area contributed by atoms with Gasteiger partial charge in [0.2, 0.25) is 5.76 Å². The Hall–Kier alpha value is -2.76. The number of carbonyl (C=O) groups excluding carboxylic acids is 2. The van der Waals surface area contributed by atoms with E-state index in [0.29, 0.717) is 6.42 Å². The van der Waals surface area contributed by atoms with Gasteiger partial charge < -0.3 is 19.2 Å². The molecular formula is C20H25NO5. The molecule has 0 aliphatic heterocycles. The smallest absolute Gasteiger partial charge is 0.407 e. The molecule has 0 saturated heterocycles. The Balaban J connectivity index is 2.08. The molecule has 0 bridgehead atoms. The van der Waals surface area contributed by atoms with E-state index in [9.17, 15) is 9.59 Å². The lowest BCUT2D eigenvalue weighted by atomic mass is 10.0. The van der Waals surface area contributed by atoms with Crippen LogP contribution in [0.5, 0.6) is 0 Å². The van der Waals surface area contributed by atoms with Crippen LogP contribution >= 0.6 is 0 Å². The quantitative estimate of drug-likeness (QED) is 0.790. The highest BCUT2D eigenvalue weighted by Gasteiger charge is 2.27. The minimum atomic E-state index is -0.608. The number of rotatable bonds is 6. The molecule has 1 aromatic heterocycles. The molecule has 1 N–H and O–H groups in total. The molecule has 1 amide bonds. The Kier molecular flexibility index (Phi) is 6.44. The molecule has 26 heavy (non-hydrogen) atoms. The fourth-order valence-corrected chi connectivity index (χ4v) is 2.34. The number of nitrogens with one attached hydrogen (secondary N) is 1. The van der Waals surface area contributed by atoms with E-state index in [0.717, 1.165) is 5.56 Å². The van der Waals surface area contributed by atoms with E-state index in [2.05, 4.69) is 5.32 Å². The maximum atomic E-state index is 12.3. The SMILES string of the molecule is C[C@H](NC(=O)OC(C)(C)C)[C@@H](Cc1ccccc1)OC(=O)c1ccco1. The number of hydrogen-bond acceptors (Lipinski definition) is 5. The normalized spacial score (nSPS) is 13.5. The largest absolute Gasteiger partial charge is 0.457 e. The van der Waals surface area contributed by atoms with E-state index in [-0.39, 0.29) is 5.76 Å². The van der Waals surface area contributed by atoms with Crippen LogP contribution in [0.3, 0.4) is 0 Å². The molecule has 1 aromatic carbocycles. The molecule has 0 radical (unpaired) electrons. The van der Waals surface area contributed by atoms with Gasteiger partial charge in [0.15, 0.2) is 0 Å². The summed E-state index contributed by atoms with van der Waals surface area (Å²) in [4.78, 5) is 24.3. The number of carbonyl (C=O) groups is 2. The first kappa shape index (κ1) is 19.6. The van der Waals surface area contributed by atoms with Crippen molar-refractivity contribution in [2.24, 2.45) is 0 Å². The van der Waals surface area contributed by atoms with Crippen LogP contribution in [0, 0.1) is 0 Å². The second-order valence-corrected chi connectivity index (χ2v) is 7.05. The zero-order chi connectivity index (χ0) is 19.2. The molecule has 0 fully saturated rings. The number of ether oxygens (including phenoxy) is 2. The van der Waals surface area contributed by atoms with Crippen molar-refractivity contribution in [2.45, 2.75) is 51.9 Å². The van der Waals surface area contributed by atoms with Crippen LogP contribution in [0.1, 0.15) is 43.8 Å². The summed E-state index contributed by atoms with van der Waals surface area (Å²) in [7, 11) is 0. The molecule has 140 valence electrons. The highest BCUT2D eigenvalue weighted by atomic mass is 16.6. The third-order valence-electron chi connectivity index (χ3n) is 3.56. The van der Waals surface area contributed by atoms with Crippen LogP contribution in [0.4, 0.5) is 4.79 Å². The minimum Gasteiger partial charge on any atom is -0.457 e. The van der Waals surface area contributed by atoms with Crippen LogP contribution in [0.2, 0.25) is 0 Å². The highest BCUT2D eigenvalue weighted by molar-refractivity contribution is 5.86. The van der Waals surface area contributed by atoms with Gasteiger partial charge in [-0.15, -0.1) is 0 Å². The molecule has 0 aliphatic carbocycles. The summed E-state index contributed by atoms with van der Waals surface area (Å²) in [5.74, 6) is -0.457. The lowest BCUT2D eigenvalue weighted by Crippen LogP contribution is -2.46. The average molecular weight is 359 g/mol. The first-order valence-corrected chi connectivity index (χ1v) is 8.52. The third-order valence-corrected chi connectivity index (χ3v) is 3.56. The van der Waals surface area contributed by atoms with Crippen LogP contribution < -0.4 is 5.32 Å². The van der Waals surface area contributed by atoms with Crippen LogP contribution in [0.25, 0.3) is 0 Å². The third kappa shape index (κ3) is 6.27. The summed E-state index contributed by atoms with van der Waals surface area (Å²) >= 11 is 0. The number of esters is 1. The molecule has 0 saturated carbocycles. The van der Waals surface area contributed by atoms with Gasteiger partial charge >= 0.3 is 12.1 Å². The number of amides is 1. The van der Waals surface area contributed by atoms with Gasteiger partial charge in [0.25, 0.3) is 0 Å². The maximum Gasteiger partial charge on any atom is 0.407 e. The standard InChI is InChI=1S/C20H25NO5/c1-14(21-19(23)26-20(2,3)4)17(13-15-9-6-5-7-10-15)25-18(22)16-11-8-12-24-16/h5-12,14,17H,13H2,1-4H3,(H,21,23)/t14-,17+/m0/s1. The van der Waals surface area contributed by atoms with Crippen molar-refractivity contribution in [3.8, 4) is 0 Å².